The van der Waals surface area contributed by atoms with Crippen LogP contribution in [-0.2, 0) is 6.54 Å². The lowest BCUT2D eigenvalue weighted by Crippen LogP contribution is -2.44. The molecule has 0 spiro atoms. The van der Waals surface area contributed by atoms with Gasteiger partial charge >= 0.3 is 6.09 Å². The molecule has 0 atom stereocenters. The van der Waals surface area contributed by atoms with Gasteiger partial charge in [0.2, 0.25) is 0 Å². The van der Waals surface area contributed by atoms with Crippen LogP contribution in [0.4, 0.5) is 4.79 Å². The van der Waals surface area contributed by atoms with Gasteiger partial charge in [-0.2, -0.15) is 0 Å². The van der Waals surface area contributed by atoms with E-state index in [-0.39, 0.29) is 0 Å². The third kappa shape index (κ3) is 4.98. The Balaban J connectivity index is 1.78. The second-order valence-electron chi connectivity index (χ2n) is 8.76. The molecule has 0 radical (unpaired) electrons. The van der Waals surface area contributed by atoms with E-state index in [0.717, 1.165) is 33.3 Å². The van der Waals surface area contributed by atoms with Gasteiger partial charge < -0.3 is 5.11 Å². The van der Waals surface area contributed by atoms with Crippen molar-refractivity contribution in [2.75, 3.05) is 6.26 Å². The third-order valence-electron chi connectivity index (χ3n) is 5.42. The Kier molecular flexibility index (Phi) is 6.33. The highest BCUT2D eigenvalue weighted by molar-refractivity contribution is 7.98. The van der Waals surface area contributed by atoms with Gasteiger partial charge in [-0.25, -0.2) is 19.7 Å². The zero-order valence-electron chi connectivity index (χ0n) is 19.1. The smallest absolute Gasteiger partial charge is 0.408 e. The molecule has 6 nitrogen and oxygen atoms in total. The van der Waals surface area contributed by atoms with E-state index in [4.69, 9.17) is 4.98 Å². The minimum absolute atomic E-state index is 0.320. The quantitative estimate of drug-likeness (QED) is 0.277. The van der Waals surface area contributed by atoms with Crippen LogP contribution in [0.5, 0.6) is 0 Å². The Morgan fingerprint density at radius 2 is 1.70 bits per heavy atom. The lowest BCUT2D eigenvalue weighted by molar-refractivity contribution is 0.0955. The maximum absolute atomic E-state index is 11.7. The number of hydrogen-bond acceptors (Lipinski definition) is 5. The molecular formula is C26H26N4O2S. The average Bonchev–Trinajstić information content (AvgIpc) is 2.81. The lowest BCUT2D eigenvalue weighted by atomic mass is 9.97. The SMILES string of the molecule is CSc1ncc2cc(-c3ccccc3)c(-c3ccc(CN(C(=O)O)C(C)(C)C)cc3)nc2n1. The molecule has 0 aliphatic heterocycles. The predicted octanol–water partition coefficient (Wildman–Crippen LogP) is 6.36. The van der Waals surface area contributed by atoms with E-state index in [9.17, 15) is 9.90 Å². The Hall–Kier alpha value is -3.45. The number of amides is 1. The summed E-state index contributed by atoms with van der Waals surface area (Å²) in [5.41, 5.74) is 4.92. The summed E-state index contributed by atoms with van der Waals surface area (Å²) in [4.78, 5) is 27.1. The molecule has 0 unspecified atom stereocenters. The Labute approximate surface area is 197 Å². The maximum Gasteiger partial charge on any atom is 0.408 e. The van der Waals surface area contributed by atoms with Crippen LogP contribution in [0.2, 0.25) is 0 Å². The molecule has 33 heavy (non-hydrogen) atoms. The number of carbonyl (C=O) groups is 1. The van der Waals surface area contributed by atoms with Crippen molar-refractivity contribution in [2.45, 2.75) is 38.0 Å². The molecular weight excluding hydrogens is 432 g/mol. The monoisotopic (exact) mass is 458 g/mol. The average molecular weight is 459 g/mol. The molecule has 2 aromatic heterocycles. The fourth-order valence-electron chi connectivity index (χ4n) is 3.65. The summed E-state index contributed by atoms with van der Waals surface area (Å²) in [6, 6.07) is 20.1. The molecule has 1 amide bonds. The number of carboxylic acid groups (broad SMARTS) is 1. The van der Waals surface area contributed by atoms with Gasteiger partial charge in [0.05, 0.1) is 5.69 Å². The summed E-state index contributed by atoms with van der Waals surface area (Å²) in [6.45, 7) is 6.00. The first-order chi connectivity index (χ1) is 15.8. The molecule has 0 aliphatic rings. The van der Waals surface area contributed by atoms with Gasteiger partial charge in [0, 0.05) is 34.8 Å². The summed E-state index contributed by atoms with van der Waals surface area (Å²) in [5, 5.41) is 11.2. The van der Waals surface area contributed by atoms with Gasteiger partial charge in [0.15, 0.2) is 10.8 Å². The number of aromatic nitrogens is 3. The predicted molar refractivity (Wildman–Crippen MR) is 133 cm³/mol. The first-order valence-electron chi connectivity index (χ1n) is 10.6. The molecule has 2 heterocycles. The van der Waals surface area contributed by atoms with Crippen molar-refractivity contribution in [3.05, 3.63) is 72.4 Å². The minimum Gasteiger partial charge on any atom is -0.465 e. The summed E-state index contributed by atoms with van der Waals surface area (Å²) >= 11 is 1.48. The fourth-order valence-corrected chi connectivity index (χ4v) is 3.98. The zero-order valence-corrected chi connectivity index (χ0v) is 19.9. The standard InChI is InChI=1S/C26H26N4O2S/c1-26(2,3)30(25(31)32)16-17-10-12-19(13-11-17)22-21(18-8-6-5-7-9-18)14-20-15-27-24(33-4)29-23(20)28-22/h5-15H,16H2,1-4H3,(H,31,32). The van der Waals surface area contributed by atoms with E-state index in [1.165, 1.54) is 16.7 Å². The summed E-state index contributed by atoms with van der Waals surface area (Å²) in [6.07, 6.45) is 2.82. The van der Waals surface area contributed by atoms with Gasteiger partial charge in [0.25, 0.3) is 0 Å². The number of benzene rings is 2. The van der Waals surface area contributed by atoms with E-state index >= 15 is 0 Å². The van der Waals surface area contributed by atoms with Gasteiger partial charge in [-0.05, 0) is 44.2 Å². The van der Waals surface area contributed by atoms with Crippen LogP contribution in [-0.4, -0.2) is 42.8 Å². The van der Waals surface area contributed by atoms with Crippen molar-refractivity contribution in [3.8, 4) is 22.4 Å². The normalized spacial score (nSPS) is 11.5. The van der Waals surface area contributed by atoms with Crippen LogP contribution in [0.3, 0.4) is 0 Å². The molecule has 0 saturated heterocycles. The molecule has 2 aromatic carbocycles. The number of fused-ring (bicyclic) bond motifs is 1. The van der Waals surface area contributed by atoms with Crippen LogP contribution >= 0.6 is 11.8 Å². The van der Waals surface area contributed by atoms with Gasteiger partial charge in [-0.15, -0.1) is 0 Å². The third-order valence-corrected chi connectivity index (χ3v) is 5.98. The van der Waals surface area contributed by atoms with Crippen LogP contribution in [0.25, 0.3) is 33.4 Å². The lowest BCUT2D eigenvalue weighted by Gasteiger charge is -2.33. The van der Waals surface area contributed by atoms with Crippen LogP contribution < -0.4 is 0 Å². The van der Waals surface area contributed by atoms with Gasteiger partial charge in [-0.3, -0.25) is 4.90 Å². The van der Waals surface area contributed by atoms with Crippen molar-refractivity contribution < 1.29 is 9.90 Å². The van der Waals surface area contributed by atoms with Gasteiger partial charge in [-0.1, -0.05) is 66.4 Å². The first-order valence-corrected chi connectivity index (χ1v) is 11.9. The molecule has 168 valence electrons. The summed E-state index contributed by atoms with van der Waals surface area (Å²) in [7, 11) is 0. The Morgan fingerprint density at radius 3 is 2.30 bits per heavy atom. The zero-order chi connectivity index (χ0) is 23.6. The maximum atomic E-state index is 11.7. The molecule has 4 rings (SSSR count). The molecule has 1 N–H and O–H groups in total. The van der Waals surface area contributed by atoms with E-state index in [2.05, 4.69) is 28.2 Å². The Bertz CT molecular complexity index is 1290. The Morgan fingerprint density at radius 1 is 1.00 bits per heavy atom. The summed E-state index contributed by atoms with van der Waals surface area (Å²) in [5.74, 6) is 0. The van der Waals surface area contributed by atoms with Crippen LogP contribution in [0, 0.1) is 0 Å². The number of hydrogen-bond donors (Lipinski definition) is 1. The van der Waals surface area contributed by atoms with E-state index in [1.54, 1.807) is 0 Å². The molecule has 0 bridgehead atoms. The van der Waals surface area contributed by atoms with E-state index in [1.807, 2.05) is 75.7 Å². The van der Waals surface area contributed by atoms with Crippen LogP contribution in [0.1, 0.15) is 26.3 Å². The first kappa shape index (κ1) is 22.7. The molecule has 0 saturated carbocycles. The number of rotatable bonds is 5. The van der Waals surface area contributed by atoms with Gasteiger partial charge in [0.1, 0.15) is 0 Å². The van der Waals surface area contributed by atoms with Crippen molar-refractivity contribution in [3.63, 3.8) is 0 Å². The van der Waals surface area contributed by atoms with E-state index < -0.39 is 11.6 Å². The van der Waals surface area contributed by atoms with Crippen molar-refractivity contribution in [1.29, 1.82) is 0 Å². The molecule has 0 aliphatic carbocycles. The highest BCUT2D eigenvalue weighted by Gasteiger charge is 2.26. The van der Waals surface area contributed by atoms with Crippen molar-refractivity contribution in [1.82, 2.24) is 19.9 Å². The van der Waals surface area contributed by atoms with Crippen LogP contribution in [0.15, 0.2) is 72.0 Å². The molecule has 0 fully saturated rings. The molecule has 7 heteroatoms. The highest BCUT2D eigenvalue weighted by Crippen LogP contribution is 2.33. The number of thioether (sulfide) groups is 1. The highest BCUT2D eigenvalue weighted by atomic mass is 32.2. The fraction of sp³-hybridized carbons (Fsp3) is 0.231. The minimum atomic E-state index is -0.932. The summed E-state index contributed by atoms with van der Waals surface area (Å²) < 4.78 is 0. The van der Waals surface area contributed by atoms with Crippen molar-refractivity contribution >= 4 is 28.9 Å². The number of nitrogens with zero attached hydrogens (tertiary/aromatic N) is 4. The van der Waals surface area contributed by atoms with E-state index in [0.29, 0.717) is 17.3 Å². The second-order valence-corrected chi connectivity index (χ2v) is 9.53. The second kappa shape index (κ2) is 9.19. The largest absolute Gasteiger partial charge is 0.465 e. The molecule has 4 aromatic rings. The topological polar surface area (TPSA) is 79.2 Å². The number of pyridine rings is 1. The van der Waals surface area contributed by atoms with Crippen molar-refractivity contribution in [2.24, 2.45) is 0 Å².